The number of nitrogens with zero attached hydrogens (tertiary/aromatic N) is 4. The molecule has 13 heteroatoms. The molecule has 4 aromatic rings. The largest absolute Gasteiger partial charge is 0.475 e. The molecule has 5 rings (SSSR count). The lowest BCUT2D eigenvalue weighted by Gasteiger charge is -2.29. The Balaban J connectivity index is 1.31. The summed E-state index contributed by atoms with van der Waals surface area (Å²) in [4.78, 5) is 34.1. The van der Waals surface area contributed by atoms with E-state index in [1.165, 1.54) is 29.0 Å². The maximum absolute atomic E-state index is 14.3. The monoisotopic (exact) mass is 589 g/mol. The molecule has 0 saturated heterocycles. The minimum atomic E-state index is -2.91. The van der Waals surface area contributed by atoms with Crippen LogP contribution in [0.3, 0.4) is 0 Å². The Morgan fingerprint density at radius 1 is 1.10 bits per heavy atom. The van der Waals surface area contributed by atoms with Crippen LogP contribution in [-0.4, -0.2) is 49.4 Å². The number of hydrogen-bond acceptors (Lipinski definition) is 6. The summed E-state index contributed by atoms with van der Waals surface area (Å²) in [6, 6.07) is 8.35. The number of amides is 1. The van der Waals surface area contributed by atoms with E-state index in [0.717, 1.165) is 6.20 Å². The van der Waals surface area contributed by atoms with E-state index in [-0.39, 0.29) is 41.4 Å². The number of pyridine rings is 2. The Morgan fingerprint density at radius 3 is 2.56 bits per heavy atom. The fraction of sp³-hybridized carbons (Fsp3) is 0.357. The first kappa shape index (κ1) is 28.6. The molecule has 41 heavy (non-hydrogen) atoms. The summed E-state index contributed by atoms with van der Waals surface area (Å²) < 4.78 is 49.2. The number of aliphatic hydroxyl groups is 1. The summed E-state index contributed by atoms with van der Waals surface area (Å²) in [5, 5.41) is 11.8. The van der Waals surface area contributed by atoms with E-state index < -0.39 is 23.8 Å². The van der Waals surface area contributed by atoms with Crippen molar-refractivity contribution in [1.82, 2.24) is 24.4 Å². The number of carbonyl (C=O) groups excluding carboxylic acids is 1. The van der Waals surface area contributed by atoms with E-state index in [1.807, 2.05) is 0 Å². The number of benzene rings is 1. The molecule has 1 amide bonds. The fourth-order valence-electron chi connectivity index (χ4n) is 5.21. The van der Waals surface area contributed by atoms with Crippen molar-refractivity contribution in [3.8, 4) is 11.6 Å². The van der Waals surface area contributed by atoms with Gasteiger partial charge in [-0.3, -0.25) is 18.9 Å². The van der Waals surface area contributed by atoms with Crippen molar-refractivity contribution in [2.75, 3.05) is 13.2 Å². The zero-order valence-corrected chi connectivity index (χ0v) is 22.5. The van der Waals surface area contributed by atoms with Gasteiger partial charge in [0, 0.05) is 24.8 Å². The van der Waals surface area contributed by atoms with Gasteiger partial charge in [-0.25, -0.2) is 22.9 Å². The first-order chi connectivity index (χ1) is 19.7. The highest BCUT2D eigenvalue weighted by atomic mass is 35.5. The van der Waals surface area contributed by atoms with Crippen molar-refractivity contribution < 1.29 is 27.8 Å². The average Bonchev–Trinajstić information content (AvgIpc) is 3.23. The van der Waals surface area contributed by atoms with Gasteiger partial charge < -0.3 is 15.2 Å². The number of carbonyl (C=O) groups is 1. The average molecular weight is 590 g/mol. The molecule has 3 aromatic heterocycles. The van der Waals surface area contributed by atoms with Crippen molar-refractivity contribution >= 4 is 28.5 Å². The number of aromatic nitrogens is 4. The standard InChI is InChI=1S/C28H27ClF3N5O4/c29-17-11-21(25(26(31)32)34-13-17)27(39)35-19-4-1-16(2-5-19)15-36-23-12-18(30)3-7-22(23)37(28(36)40)20-6-8-24(33-14-20)41-10-9-38/h3,6-8,11-14,16,19,26,38H,1-2,4-5,9-10,15H2,(H,35,39)/t16-,19-. The Morgan fingerprint density at radius 2 is 1.88 bits per heavy atom. The lowest BCUT2D eigenvalue weighted by Crippen LogP contribution is -2.39. The number of imidazole rings is 1. The van der Waals surface area contributed by atoms with Crippen molar-refractivity contribution in [2.45, 2.75) is 44.7 Å². The first-order valence-electron chi connectivity index (χ1n) is 13.1. The van der Waals surface area contributed by atoms with Crippen LogP contribution < -0.4 is 15.7 Å². The van der Waals surface area contributed by atoms with Gasteiger partial charge >= 0.3 is 5.69 Å². The molecule has 0 spiro atoms. The molecular formula is C28H27ClF3N5O4. The molecule has 3 heterocycles. The number of nitrogens with one attached hydrogen (secondary N) is 1. The molecule has 1 aromatic carbocycles. The second kappa shape index (κ2) is 12.3. The lowest BCUT2D eigenvalue weighted by molar-refractivity contribution is 0.0904. The molecule has 1 saturated carbocycles. The third-order valence-electron chi connectivity index (χ3n) is 7.17. The van der Waals surface area contributed by atoms with Crippen LogP contribution in [0.25, 0.3) is 16.7 Å². The summed E-state index contributed by atoms with van der Waals surface area (Å²) in [7, 11) is 0. The quantitative estimate of drug-likeness (QED) is 0.293. The van der Waals surface area contributed by atoms with Gasteiger partial charge in [-0.05, 0) is 61.9 Å². The van der Waals surface area contributed by atoms with Gasteiger partial charge in [0.1, 0.15) is 18.1 Å². The van der Waals surface area contributed by atoms with Gasteiger partial charge in [0.05, 0.1) is 40.1 Å². The van der Waals surface area contributed by atoms with E-state index in [2.05, 4.69) is 15.3 Å². The van der Waals surface area contributed by atoms with Crippen LogP contribution in [0.4, 0.5) is 13.2 Å². The zero-order chi connectivity index (χ0) is 29.1. The molecule has 1 fully saturated rings. The summed E-state index contributed by atoms with van der Waals surface area (Å²) in [5.41, 5.74) is 0.225. The minimum Gasteiger partial charge on any atom is -0.475 e. The Bertz CT molecular complexity index is 1600. The molecule has 1 aliphatic rings. The number of alkyl halides is 2. The number of hydrogen-bond donors (Lipinski definition) is 2. The van der Waals surface area contributed by atoms with E-state index >= 15 is 0 Å². The molecule has 2 N–H and O–H groups in total. The SMILES string of the molecule is O=C(N[C@H]1CC[C@H](Cn2c(=O)n(-c3ccc(OCCO)nc3)c3ccc(F)cc32)CC1)c1cc(Cl)cnc1C(F)F. The summed E-state index contributed by atoms with van der Waals surface area (Å²) in [6.07, 6.45) is 2.12. The van der Waals surface area contributed by atoms with Crippen LogP contribution in [0.1, 0.15) is 48.2 Å². The van der Waals surface area contributed by atoms with Crippen molar-refractivity contribution in [1.29, 1.82) is 0 Å². The molecule has 0 atom stereocenters. The molecule has 9 nitrogen and oxygen atoms in total. The number of aliphatic hydroxyl groups excluding tert-OH is 1. The van der Waals surface area contributed by atoms with Gasteiger partial charge in [-0.2, -0.15) is 0 Å². The highest BCUT2D eigenvalue weighted by Crippen LogP contribution is 2.29. The van der Waals surface area contributed by atoms with Crippen LogP contribution in [0.15, 0.2) is 53.6 Å². The molecule has 0 bridgehead atoms. The summed E-state index contributed by atoms with van der Waals surface area (Å²) >= 11 is 5.88. The van der Waals surface area contributed by atoms with Crippen LogP contribution in [0.5, 0.6) is 5.88 Å². The van der Waals surface area contributed by atoms with Gasteiger partial charge in [0.15, 0.2) is 0 Å². The molecule has 216 valence electrons. The fourth-order valence-corrected chi connectivity index (χ4v) is 5.37. The van der Waals surface area contributed by atoms with Crippen molar-refractivity contribution in [3.63, 3.8) is 0 Å². The Kier molecular flexibility index (Phi) is 8.60. The summed E-state index contributed by atoms with van der Waals surface area (Å²) in [5.74, 6) is -0.763. The highest BCUT2D eigenvalue weighted by Gasteiger charge is 2.27. The predicted molar refractivity (Wildman–Crippen MR) is 145 cm³/mol. The normalized spacial score (nSPS) is 17.2. The maximum Gasteiger partial charge on any atom is 0.333 e. The molecule has 0 unspecified atom stereocenters. The second-order valence-electron chi connectivity index (χ2n) is 9.87. The van der Waals surface area contributed by atoms with Crippen LogP contribution in [0, 0.1) is 11.7 Å². The highest BCUT2D eigenvalue weighted by molar-refractivity contribution is 6.30. The van der Waals surface area contributed by atoms with Gasteiger partial charge in [-0.1, -0.05) is 11.6 Å². The zero-order valence-electron chi connectivity index (χ0n) is 21.8. The molecule has 0 radical (unpaired) electrons. The number of ether oxygens (including phenoxy) is 1. The number of halogens is 4. The topological polar surface area (TPSA) is 111 Å². The second-order valence-corrected chi connectivity index (χ2v) is 10.3. The van der Waals surface area contributed by atoms with Crippen LogP contribution in [-0.2, 0) is 6.54 Å². The minimum absolute atomic E-state index is 0.0695. The van der Waals surface area contributed by atoms with Gasteiger partial charge in [0.2, 0.25) is 5.88 Å². The van der Waals surface area contributed by atoms with Gasteiger partial charge in [0.25, 0.3) is 12.3 Å². The van der Waals surface area contributed by atoms with Gasteiger partial charge in [-0.15, -0.1) is 0 Å². The van der Waals surface area contributed by atoms with Crippen LogP contribution in [0.2, 0.25) is 5.02 Å². The van der Waals surface area contributed by atoms with E-state index in [9.17, 15) is 22.8 Å². The molecule has 0 aliphatic heterocycles. The Hall–Kier alpha value is -3.90. The van der Waals surface area contributed by atoms with Crippen LogP contribution >= 0.6 is 11.6 Å². The lowest BCUT2D eigenvalue weighted by atomic mass is 9.85. The predicted octanol–water partition coefficient (Wildman–Crippen LogP) is 4.67. The summed E-state index contributed by atoms with van der Waals surface area (Å²) in [6.45, 7) is 0.270. The number of fused-ring (bicyclic) bond motifs is 1. The number of rotatable bonds is 9. The van der Waals surface area contributed by atoms with Crippen molar-refractivity contribution in [2.24, 2.45) is 5.92 Å². The third-order valence-corrected chi connectivity index (χ3v) is 7.38. The maximum atomic E-state index is 14.3. The van der Waals surface area contributed by atoms with E-state index in [0.29, 0.717) is 54.8 Å². The Labute approximate surface area is 237 Å². The van der Waals surface area contributed by atoms with E-state index in [1.54, 1.807) is 22.8 Å². The van der Waals surface area contributed by atoms with E-state index in [4.69, 9.17) is 21.4 Å². The first-order valence-corrected chi connectivity index (χ1v) is 13.5. The smallest absolute Gasteiger partial charge is 0.333 e. The molecular weight excluding hydrogens is 563 g/mol. The van der Waals surface area contributed by atoms with Crippen molar-refractivity contribution in [3.05, 3.63) is 81.4 Å². The third kappa shape index (κ3) is 6.23. The molecule has 1 aliphatic carbocycles.